The van der Waals surface area contributed by atoms with Crippen molar-refractivity contribution in [3.8, 4) is 33.6 Å². The molecule has 2 aromatic carbocycles. The minimum absolute atomic E-state index is 0.847. The van der Waals surface area contributed by atoms with Gasteiger partial charge in [0.25, 0.3) is 0 Å². The van der Waals surface area contributed by atoms with Crippen LogP contribution in [0.3, 0.4) is 0 Å². The van der Waals surface area contributed by atoms with Gasteiger partial charge in [-0.1, -0.05) is 65.8 Å². The van der Waals surface area contributed by atoms with Gasteiger partial charge in [0, 0.05) is 22.9 Å². The first kappa shape index (κ1) is 13.6. The van der Waals surface area contributed by atoms with Gasteiger partial charge in [-0.3, -0.25) is 0 Å². The molecule has 0 unspecified atom stereocenters. The van der Waals surface area contributed by atoms with Gasteiger partial charge in [0.05, 0.1) is 5.69 Å². The fourth-order valence-corrected chi connectivity index (χ4v) is 3.00. The number of aryl methyl sites for hydroxylation is 1. The summed E-state index contributed by atoms with van der Waals surface area (Å²) < 4.78 is 5.07. The molecule has 4 rings (SSSR count). The number of hydrogen-bond donors (Lipinski definition) is 1. The zero-order valence-electron chi connectivity index (χ0n) is 12.8. The molecular weight excluding hydrogens is 284 g/mol. The summed E-state index contributed by atoms with van der Waals surface area (Å²) in [6, 6.07) is 22.6. The summed E-state index contributed by atoms with van der Waals surface area (Å²) in [5.74, 6) is 0. The van der Waals surface area contributed by atoms with Crippen LogP contribution < -0.4 is 0 Å². The van der Waals surface area contributed by atoms with Crippen LogP contribution in [0.5, 0.6) is 0 Å². The van der Waals surface area contributed by atoms with Gasteiger partial charge in [0.15, 0.2) is 0 Å². The van der Waals surface area contributed by atoms with Crippen LogP contribution in [0, 0.1) is 6.92 Å². The molecule has 3 nitrogen and oxygen atoms in total. The molecular formula is C20H16N2O. The van der Waals surface area contributed by atoms with Crippen LogP contribution in [-0.4, -0.2) is 10.1 Å². The number of H-pyrrole nitrogens is 1. The monoisotopic (exact) mass is 300 g/mol. The highest BCUT2D eigenvalue weighted by Gasteiger charge is 2.20. The second kappa shape index (κ2) is 5.61. The smallest absolute Gasteiger partial charge is 0.124 e. The molecule has 0 atom stereocenters. The van der Waals surface area contributed by atoms with Gasteiger partial charge in [-0.2, -0.15) is 0 Å². The highest BCUT2D eigenvalue weighted by atomic mass is 16.5. The molecule has 0 amide bonds. The minimum atomic E-state index is 0.847. The van der Waals surface area contributed by atoms with E-state index in [9.17, 15) is 0 Å². The Balaban J connectivity index is 2.03. The molecule has 112 valence electrons. The lowest BCUT2D eigenvalue weighted by molar-refractivity contribution is 0.422. The molecule has 0 aliphatic heterocycles. The number of rotatable bonds is 3. The highest BCUT2D eigenvalue weighted by molar-refractivity contribution is 5.94. The predicted octanol–water partition coefficient (Wildman–Crippen LogP) is 5.31. The van der Waals surface area contributed by atoms with Crippen molar-refractivity contribution in [1.29, 1.82) is 0 Å². The first-order valence-corrected chi connectivity index (χ1v) is 7.59. The van der Waals surface area contributed by atoms with Crippen LogP contribution in [0.4, 0.5) is 0 Å². The standard InChI is InChI=1S/C20H16N2O/c1-14-18(17-12-13-23-22-17)19(15-8-4-2-5-9-15)20(21-14)16-10-6-3-7-11-16/h2-13,21H,1H3. The molecule has 3 heteroatoms. The molecule has 0 aliphatic rings. The van der Waals surface area contributed by atoms with E-state index in [1.807, 2.05) is 18.2 Å². The summed E-state index contributed by atoms with van der Waals surface area (Å²) >= 11 is 0. The van der Waals surface area contributed by atoms with Crippen LogP contribution in [0.1, 0.15) is 5.69 Å². The van der Waals surface area contributed by atoms with E-state index in [2.05, 4.69) is 65.6 Å². The molecule has 0 saturated heterocycles. The SMILES string of the molecule is Cc1[nH]c(-c2ccccc2)c(-c2ccccc2)c1-c1ccon1. The molecule has 2 heterocycles. The maximum atomic E-state index is 5.07. The summed E-state index contributed by atoms with van der Waals surface area (Å²) in [7, 11) is 0. The van der Waals surface area contributed by atoms with Gasteiger partial charge in [0.2, 0.25) is 0 Å². The van der Waals surface area contributed by atoms with E-state index in [0.717, 1.165) is 39.3 Å². The molecule has 0 bridgehead atoms. The van der Waals surface area contributed by atoms with Gasteiger partial charge >= 0.3 is 0 Å². The van der Waals surface area contributed by atoms with Crippen molar-refractivity contribution < 1.29 is 4.52 Å². The van der Waals surface area contributed by atoms with E-state index in [-0.39, 0.29) is 0 Å². The lowest BCUT2D eigenvalue weighted by Gasteiger charge is -2.07. The van der Waals surface area contributed by atoms with Crippen LogP contribution in [0.15, 0.2) is 77.5 Å². The van der Waals surface area contributed by atoms with Crippen molar-refractivity contribution in [3.63, 3.8) is 0 Å². The Bertz CT molecular complexity index is 907. The minimum Gasteiger partial charge on any atom is -0.364 e. The summed E-state index contributed by atoms with van der Waals surface area (Å²) in [5, 5.41) is 4.15. The van der Waals surface area contributed by atoms with Crippen LogP contribution >= 0.6 is 0 Å². The van der Waals surface area contributed by atoms with Crippen LogP contribution in [0.25, 0.3) is 33.6 Å². The van der Waals surface area contributed by atoms with Crippen molar-refractivity contribution in [2.24, 2.45) is 0 Å². The van der Waals surface area contributed by atoms with Crippen molar-refractivity contribution in [3.05, 3.63) is 78.7 Å². The van der Waals surface area contributed by atoms with Crippen molar-refractivity contribution in [1.82, 2.24) is 10.1 Å². The Kier molecular flexibility index (Phi) is 3.31. The Hall–Kier alpha value is -3.07. The molecule has 4 aromatic rings. The van der Waals surface area contributed by atoms with E-state index in [4.69, 9.17) is 4.52 Å². The molecule has 0 saturated carbocycles. The lowest BCUT2D eigenvalue weighted by Crippen LogP contribution is -1.85. The van der Waals surface area contributed by atoms with Gasteiger partial charge in [0.1, 0.15) is 12.0 Å². The second-order valence-electron chi connectivity index (χ2n) is 5.49. The third-order valence-corrected chi connectivity index (χ3v) is 4.01. The Morgan fingerprint density at radius 1 is 0.783 bits per heavy atom. The van der Waals surface area contributed by atoms with E-state index in [0.29, 0.717) is 0 Å². The molecule has 0 fully saturated rings. The summed E-state index contributed by atoms with van der Waals surface area (Å²) in [4.78, 5) is 3.53. The number of benzene rings is 2. The van der Waals surface area contributed by atoms with E-state index < -0.39 is 0 Å². The fourth-order valence-electron chi connectivity index (χ4n) is 3.00. The van der Waals surface area contributed by atoms with Crippen LogP contribution in [-0.2, 0) is 0 Å². The maximum absolute atomic E-state index is 5.07. The summed E-state index contributed by atoms with van der Waals surface area (Å²) in [6.07, 6.45) is 1.61. The topological polar surface area (TPSA) is 41.8 Å². The number of hydrogen-bond acceptors (Lipinski definition) is 2. The quantitative estimate of drug-likeness (QED) is 0.557. The highest BCUT2D eigenvalue weighted by Crippen LogP contribution is 2.41. The number of aromatic amines is 1. The average Bonchev–Trinajstić information content (AvgIpc) is 3.23. The Morgan fingerprint density at radius 3 is 2.04 bits per heavy atom. The number of nitrogens with zero attached hydrogens (tertiary/aromatic N) is 1. The fraction of sp³-hybridized carbons (Fsp3) is 0.0500. The van der Waals surface area contributed by atoms with Crippen LogP contribution in [0.2, 0.25) is 0 Å². The Morgan fingerprint density at radius 2 is 1.43 bits per heavy atom. The Labute approximate surface area is 134 Å². The zero-order valence-corrected chi connectivity index (χ0v) is 12.8. The van der Waals surface area contributed by atoms with Crippen molar-refractivity contribution in [2.75, 3.05) is 0 Å². The number of aromatic nitrogens is 2. The van der Waals surface area contributed by atoms with Gasteiger partial charge < -0.3 is 9.51 Å². The zero-order chi connectivity index (χ0) is 15.6. The lowest BCUT2D eigenvalue weighted by atomic mass is 9.95. The number of nitrogens with one attached hydrogen (secondary N) is 1. The summed E-state index contributed by atoms with van der Waals surface area (Å²) in [6.45, 7) is 2.07. The van der Waals surface area contributed by atoms with Crippen molar-refractivity contribution >= 4 is 0 Å². The first-order chi connectivity index (χ1) is 11.3. The predicted molar refractivity (Wildman–Crippen MR) is 91.9 cm³/mol. The van der Waals surface area contributed by atoms with Gasteiger partial charge in [-0.05, 0) is 18.1 Å². The summed E-state index contributed by atoms with van der Waals surface area (Å²) in [5.41, 5.74) is 7.59. The normalized spacial score (nSPS) is 10.8. The molecule has 0 radical (unpaired) electrons. The molecule has 1 N–H and O–H groups in total. The molecule has 0 spiro atoms. The van der Waals surface area contributed by atoms with Gasteiger partial charge in [-0.25, -0.2) is 0 Å². The average molecular weight is 300 g/mol. The third-order valence-electron chi connectivity index (χ3n) is 4.01. The van der Waals surface area contributed by atoms with Crippen molar-refractivity contribution in [2.45, 2.75) is 6.92 Å². The van der Waals surface area contributed by atoms with E-state index in [1.54, 1.807) is 6.26 Å². The third kappa shape index (κ3) is 2.36. The van der Waals surface area contributed by atoms with Gasteiger partial charge in [-0.15, -0.1) is 0 Å². The van der Waals surface area contributed by atoms with E-state index >= 15 is 0 Å². The first-order valence-electron chi connectivity index (χ1n) is 7.59. The molecule has 2 aromatic heterocycles. The maximum Gasteiger partial charge on any atom is 0.124 e. The second-order valence-corrected chi connectivity index (χ2v) is 5.49. The molecule has 23 heavy (non-hydrogen) atoms. The largest absolute Gasteiger partial charge is 0.364 e. The molecule has 0 aliphatic carbocycles. The van der Waals surface area contributed by atoms with E-state index in [1.165, 1.54) is 0 Å².